The molecule has 21 heavy (non-hydrogen) atoms. The van der Waals surface area contributed by atoms with E-state index < -0.39 is 0 Å². The number of anilines is 1. The van der Waals surface area contributed by atoms with Crippen molar-refractivity contribution in [3.05, 3.63) is 53.2 Å². The molecule has 2 aromatic rings. The van der Waals surface area contributed by atoms with Crippen LogP contribution in [0.4, 0.5) is 10.2 Å². The van der Waals surface area contributed by atoms with Gasteiger partial charge in [0.05, 0.1) is 0 Å². The van der Waals surface area contributed by atoms with E-state index in [4.69, 9.17) is 5.84 Å². The topological polar surface area (TPSA) is 63.8 Å². The number of hydrogen-bond donors (Lipinski definition) is 2. The van der Waals surface area contributed by atoms with Crippen molar-refractivity contribution >= 4 is 5.82 Å². The normalized spacial score (nSPS) is 15.3. The molecule has 0 spiro atoms. The Balaban J connectivity index is 1.90. The van der Waals surface area contributed by atoms with Crippen molar-refractivity contribution in [2.24, 2.45) is 5.84 Å². The number of hydrogen-bond acceptors (Lipinski definition) is 4. The fraction of sp³-hybridized carbons (Fsp3) is 0.375. The second kappa shape index (κ2) is 6.18. The van der Waals surface area contributed by atoms with Gasteiger partial charge in [-0.25, -0.2) is 20.2 Å². The van der Waals surface area contributed by atoms with Gasteiger partial charge in [0.1, 0.15) is 17.5 Å². The minimum absolute atomic E-state index is 0.227. The summed E-state index contributed by atoms with van der Waals surface area (Å²) >= 11 is 0. The molecule has 3 rings (SSSR count). The number of nitrogens with zero attached hydrogens (tertiary/aromatic N) is 2. The van der Waals surface area contributed by atoms with Crippen LogP contribution in [0.15, 0.2) is 30.3 Å². The van der Waals surface area contributed by atoms with Gasteiger partial charge in [-0.05, 0) is 24.5 Å². The van der Waals surface area contributed by atoms with Crippen molar-refractivity contribution in [3.8, 4) is 0 Å². The monoisotopic (exact) mass is 286 g/mol. The molecule has 110 valence electrons. The van der Waals surface area contributed by atoms with Crippen LogP contribution in [-0.2, 0) is 6.42 Å². The van der Waals surface area contributed by atoms with Gasteiger partial charge >= 0.3 is 0 Å². The van der Waals surface area contributed by atoms with E-state index in [1.807, 2.05) is 12.1 Å². The first-order valence-electron chi connectivity index (χ1n) is 7.34. The molecule has 0 radical (unpaired) electrons. The highest BCUT2D eigenvalue weighted by Gasteiger charge is 2.20. The fourth-order valence-electron chi connectivity index (χ4n) is 2.91. The molecule has 5 heteroatoms. The summed E-state index contributed by atoms with van der Waals surface area (Å²) in [5.41, 5.74) is 4.20. The Morgan fingerprint density at radius 2 is 1.95 bits per heavy atom. The number of aromatic nitrogens is 2. The fourth-order valence-corrected chi connectivity index (χ4v) is 2.91. The predicted molar refractivity (Wildman–Crippen MR) is 80.3 cm³/mol. The third-order valence-corrected chi connectivity index (χ3v) is 4.02. The van der Waals surface area contributed by atoms with Crippen molar-refractivity contribution < 1.29 is 4.39 Å². The Morgan fingerprint density at radius 1 is 1.19 bits per heavy atom. The van der Waals surface area contributed by atoms with Gasteiger partial charge in [0.25, 0.3) is 0 Å². The lowest BCUT2D eigenvalue weighted by Gasteiger charge is -2.12. The van der Waals surface area contributed by atoms with E-state index in [9.17, 15) is 4.39 Å². The van der Waals surface area contributed by atoms with Crippen molar-refractivity contribution in [3.63, 3.8) is 0 Å². The van der Waals surface area contributed by atoms with Crippen LogP contribution in [0.5, 0.6) is 0 Å². The van der Waals surface area contributed by atoms with Crippen molar-refractivity contribution in [2.75, 3.05) is 5.43 Å². The van der Waals surface area contributed by atoms with E-state index in [1.165, 1.54) is 18.9 Å². The summed E-state index contributed by atoms with van der Waals surface area (Å²) in [4.78, 5) is 8.97. The van der Waals surface area contributed by atoms with Gasteiger partial charge in [-0.3, -0.25) is 0 Å². The van der Waals surface area contributed by atoms with E-state index >= 15 is 0 Å². The first kappa shape index (κ1) is 13.9. The summed E-state index contributed by atoms with van der Waals surface area (Å²) in [5, 5.41) is 0. The number of nitrogen functional groups attached to an aromatic ring is 1. The lowest BCUT2D eigenvalue weighted by atomic mass is 10.0. The minimum atomic E-state index is -0.227. The Bertz CT molecular complexity index is 623. The van der Waals surface area contributed by atoms with E-state index in [0.717, 1.165) is 18.5 Å². The molecule has 4 nitrogen and oxygen atoms in total. The Labute approximate surface area is 123 Å². The molecule has 0 amide bonds. The summed E-state index contributed by atoms with van der Waals surface area (Å²) in [7, 11) is 0. The average Bonchev–Trinajstić information content (AvgIpc) is 3.04. The molecule has 0 bridgehead atoms. The maximum Gasteiger partial charge on any atom is 0.143 e. The SMILES string of the molecule is NNc1cc(C2CCCC2)nc(Cc2ccccc2F)n1. The molecule has 1 aliphatic rings. The van der Waals surface area contributed by atoms with E-state index in [0.29, 0.717) is 29.5 Å². The molecule has 1 aromatic carbocycles. The van der Waals surface area contributed by atoms with Gasteiger partial charge < -0.3 is 5.43 Å². The first-order chi connectivity index (χ1) is 10.3. The standard InChI is InChI=1S/C16H19FN4/c17-13-8-4-3-7-12(13)9-15-19-14(10-16(20-15)21-18)11-5-1-2-6-11/h3-4,7-8,10-11H,1-2,5-6,9,18H2,(H,19,20,21). The van der Waals surface area contributed by atoms with Crippen molar-refractivity contribution in [1.82, 2.24) is 9.97 Å². The molecule has 1 saturated carbocycles. The molecular weight excluding hydrogens is 267 g/mol. The van der Waals surface area contributed by atoms with Crippen molar-refractivity contribution in [2.45, 2.75) is 38.0 Å². The van der Waals surface area contributed by atoms with E-state index in [-0.39, 0.29) is 5.82 Å². The van der Waals surface area contributed by atoms with Crippen LogP contribution in [0.1, 0.15) is 48.7 Å². The van der Waals surface area contributed by atoms with Gasteiger partial charge in [0.15, 0.2) is 0 Å². The van der Waals surface area contributed by atoms with Crippen LogP contribution in [0.3, 0.4) is 0 Å². The van der Waals surface area contributed by atoms with Crippen LogP contribution < -0.4 is 11.3 Å². The Hall–Kier alpha value is -2.01. The zero-order valence-electron chi connectivity index (χ0n) is 11.8. The average molecular weight is 286 g/mol. The summed E-state index contributed by atoms with van der Waals surface area (Å²) in [6.07, 6.45) is 5.16. The van der Waals surface area contributed by atoms with Crippen LogP contribution in [-0.4, -0.2) is 9.97 Å². The molecule has 1 aliphatic carbocycles. The number of benzene rings is 1. The lowest BCUT2D eigenvalue weighted by molar-refractivity contribution is 0.611. The molecule has 3 N–H and O–H groups in total. The van der Waals surface area contributed by atoms with E-state index in [1.54, 1.807) is 12.1 Å². The summed E-state index contributed by atoms with van der Waals surface area (Å²) in [6, 6.07) is 8.62. The van der Waals surface area contributed by atoms with E-state index in [2.05, 4.69) is 15.4 Å². The third-order valence-electron chi connectivity index (χ3n) is 4.02. The predicted octanol–water partition coefficient (Wildman–Crippen LogP) is 3.15. The number of nitrogens with one attached hydrogen (secondary N) is 1. The number of nitrogens with two attached hydrogens (primary N) is 1. The molecule has 0 unspecified atom stereocenters. The number of rotatable bonds is 4. The lowest BCUT2D eigenvalue weighted by Crippen LogP contribution is -2.13. The van der Waals surface area contributed by atoms with Crippen LogP contribution in [0.2, 0.25) is 0 Å². The quantitative estimate of drug-likeness (QED) is 0.669. The molecule has 1 aromatic heterocycles. The van der Waals surface area contributed by atoms with Gasteiger partial charge in [-0.1, -0.05) is 31.0 Å². The van der Waals surface area contributed by atoms with Crippen LogP contribution >= 0.6 is 0 Å². The highest BCUT2D eigenvalue weighted by Crippen LogP contribution is 2.33. The summed E-state index contributed by atoms with van der Waals surface area (Å²) in [5.74, 6) is 6.94. The van der Waals surface area contributed by atoms with Gasteiger partial charge in [0, 0.05) is 24.1 Å². The molecule has 0 aliphatic heterocycles. The maximum atomic E-state index is 13.8. The first-order valence-corrected chi connectivity index (χ1v) is 7.34. The number of halogens is 1. The van der Waals surface area contributed by atoms with Crippen LogP contribution in [0.25, 0.3) is 0 Å². The zero-order valence-corrected chi connectivity index (χ0v) is 11.8. The second-order valence-corrected chi connectivity index (χ2v) is 5.49. The molecule has 0 atom stereocenters. The summed E-state index contributed by atoms with van der Waals surface area (Å²) < 4.78 is 13.8. The molecule has 0 saturated heterocycles. The van der Waals surface area contributed by atoms with Gasteiger partial charge in [-0.15, -0.1) is 0 Å². The third kappa shape index (κ3) is 3.19. The van der Waals surface area contributed by atoms with Crippen molar-refractivity contribution in [1.29, 1.82) is 0 Å². The Kier molecular flexibility index (Phi) is 4.10. The summed E-state index contributed by atoms with van der Waals surface area (Å²) in [6.45, 7) is 0. The molecule has 1 heterocycles. The smallest absolute Gasteiger partial charge is 0.143 e. The number of hydrazine groups is 1. The highest BCUT2D eigenvalue weighted by atomic mass is 19.1. The highest BCUT2D eigenvalue weighted by molar-refractivity contribution is 5.37. The molecular formula is C16H19FN4. The Morgan fingerprint density at radius 3 is 2.67 bits per heavy atom. The van der Waals surface area contributed by atoms with Crippen LogP contribution in [0, 0.1) is 5.82 Å². The molecule has 1 fully saturated rings. The minimum Gasteiger partial charge on any atom is -0.308 e. The van der Waals surface area contributed by atoms with Gasteiger partial charge in [0.2, 0.25) is 0 Å². The zero-order chi connectivity index (χ0) is 14.7. The largest absolute Gasteiger partial charge is 0.308 e. The van der Waals surface area contributed by atoms with Gasteiger partial charge in [-0.2, -0.15) is 0 Å². The second-order valence-electron chi connectivity index (χ2n) is 5.49. The maximum absolute atomic E-state index is 13.8.